The summed E-state index contributed by atoms with van der Waals surface area (Å²) in [6.45, 7) is 30.8. The summed E-state index contributed by atoms with van der Waals surface area (Å²) >= 11 is 17.7. The highest BCUT2D eigenvalue weighted by Gasteiger charge is 2.44. The Balaban J connectivity index is 0.000000415. The number of ketones is 1. The van der Waals surface area contributed by atoms with Crippen LogP contribution in [0.5, 0.6) is 0 Å². The number of likely N-dealkylation sites (tertiary alicyclic amines) is 4. The molecule has 542 valence electrons. The lowest BCUT2D eigenvalue weighted by molar-refractivity contribution is -0.121. The topological polar surface area (TPSA) is 227 Å². The number of halogens is 11. The number of alkyl halides is 3. The minimum absolute atomic E-state index is 0.00219. The molecule has 8 heterocycles. The van der Waals surface area contributed by atoms with Crippen molar-refractivity contribution < 1.29 is 79.5 Å². The van der Waals surface area contributed by atoms with Crippen molar-refractivity contribution in [1.82, 2.24) is 39.5 Å². The first-order chi connectivity index (χ1) is 44.9. The van der Waals surface area contributed by atoms with Gasteiger partial charge in [0, 0.05) is 142 Å². The number of hydrogen-bond acceptors (Lipinski definition) is 15. The highest BCUT2D eigenvalue weighted by atomic mass is 79.9. The van der Waals surface area contributed by atoms with Crippen LogP contribution < -0.4 is 0 Å². The zero-order chi connectivity index (χ0) is 74.1. The van der Waals surface area contributed by atoms with E-state index in [1.165, 1.54) is 63.8 Å². The average Bonchev–Trinajstić information content (AvgIpc) is 0.803. The van der Waals surface area contributed by atoms with Crippen molar-refractivity contribution >= 4 is 105 Å². The van der Waals surface area contributed by atoms with E-state index in [1.54, 1.807) is 79.4 Å². The van der Waals surface area contributed by atoms with E-state index in [-0.39, 0.29) is 98.8 Å². The molecule has 8 rings (SSSR count). The Morgan fingerprint density at radius 1 is 0.515 bits per heavy atom. The third-order valence-electron chi connectivity index (χ3n) is 13.7. The first-order valence-electron chi connectivity index (χ1n) is 30.9. The predicted octanol–water partition coefficient (Wildman–Crippen LogP) is 16.9. The number of piperidine rings is 4. The number of carbonyl (C=O) groups is 5. The van der Waals surface area contributed by atoms with Gasteiger partial charge in [-0.2, -0.15) is 0 Å². The van der Waals surface area contributed by atoms with Crippen LogP contribution in [0.1, 0.15) is 157 Å². The molecule has 0 saturated carbocycles. The lowest BCUT2D eigenvalue weighted by Crippen LogP contribution is -2.47. The van der Waals surface area contributed by atoms with Gasteiger partial charge in [0.25, 0.3) is 0 Å². The van der Waals surface area contributed by atoms with Gasteiger partial charge in [0.2, 0.25) is 0 Å². The zero-order valence-corrected chi connectivity index (χ0v) is 64.3. The molecule has 4 aliphatic heterocycles. The van der Waals surface area contributed by atoms with Gasteiger partial charge < -0.3 is 48.8 Å². The van der Waals surface area contributed by atoms with Crippen molar-refractivity contribution in [3.63, 3.8) is 0 Å². The standard InChI is InChI=1S/C18H24F2N2O2.C15H19BrF2N2O2.C15H20BrFN2O3.C10H17NO3.C5H2BrClFN.C3H5Br.CH4O/c1-5-6-13-11-14(19)15(21-12-13)18(20)7-9-22(10-8-18)16(23)24-17(2,3)4;1-14(2,3)22-13(21)20-6-4-15(18,5-7-20)12-11(17)8-10(16)9-19-12;1-14(2,3)22-13(20)19-6-4-15(21,5-7-19)12-11(17)8-10(16)9-18-12;1-10(2,3)14-9(13)11-6-4-8(12)5-7-11;6-3-1-4(8)5(7)9-2-3;1-2-3-4;1-2/h5,11-12H,1,6-10H2,2-4H3;8-9H,4-7H2,1-3H3;8-9,21H,4-7H2,1-3H3;4-7H2,1-3H3;1-2H;2H,1,3H2;2H,1H3. The summed E-state index contributed by atoms with van der Waals surface area (Å²) in [5.74, 6) is -2.16. The monoisotopic (exact) mass is 1650 g/mol. The molecular formula is C67H91Br4ClF6N8O11. The number of aromatic nitrogens is 4. The summed E-state index contributed by atoms with van der Waals surface area (Å²) in [7, 11) is 1.00. The number of hydrogen-bond donors (Lipinski definition) is 2. The second kappa shape index (κ2) is 39.5. The summed E-state index contributed by atoms with van der Waals surface area (Å²) in [5.41, 5.74) is -7.00. The Morgan fingerprint density at radius 2 is 0.804 bits per heavy atom. The van der Waals surface area contributed by atoms with Gasteiger partial charge >= 0.3 is 24.4 Å². The maximum atomic E-state index is 15.2. The van der Waals surface area contributed by atoms with E-state index in [0.717, 1.165) is 12.4 Å². The highest BCUT2D eigenvalue weighted by molar-refractivity contribution is 9.11. The van der Waals surface area contributed by atoms with Crippen molar-refractivity contribution in [2.75, 3.05) is 64.8 Å². The minimum atomic E-state index is -1.87. The third kappa shape index (κ3) is 31.3. The number of carbonyl (C=O) groups excluding carboxylic acids is 5. The van der Waals surface area contributed by atoms with Crippen LogP contribution >= 0.6 is 75.3 Å². The first-order valence-corrected chi connectivity index (χ1v) is 34.7. The van der Waals surface area contributed by atoms with E-state index < -0.39 is 80.9 Å². The molecule has 0 radical (unpaired) electrons. The van der Waals surface area contributed by atoms with E-state index in [9.17, 15) is 51.0 Å². The number of rotatable bonds is 6. The fourth-order valence-electron chi connectivity index (χ4n) is 9.09. The van der Waals surface area contributed by atoms with Crippen LogP contribution in [-0.2, 0) is 47.1 Å². The summed E-state index contributed by atoms with van der Waals surface area (Å²) in [5, 5.41) is 18.4. The Kier molecular flexibility index (Phi) is 35.7. The minimum Gasteiger partial charge on any atom is -0.444 e. The Morgan fingerprint density at radius 3 is 1.09 bits per heavy atom. The molecule has 4 aromatic heterocycles. The van der Waals surface area contributed by atoms with E-state index in [0.29, 0.717) is 64.4 Å². The third-order valence-corrected chi connectivity index (χ3v) is 15.7. The van der Waals surface area contributed by atoms with E-state index in [2.05, 4.69) is 96.8 Å². The molecule has 0 aromatic carbocycles. The molecule has 2 N–H and O–H groups in total. The Bertz CT molecular complexity index is 3130. The van der Waals surface area contributed by atoms with Crippen LogP contribution in [0.2, 0.25) is 5.15 Å². The summed E-state index contributed by atoms with van der Waals surface area (Å²) in [6.07, 6.45) is 9.32. The number of Topliss-reactive ketones (excluding diaryl/α,β-unsaturated/α-hetero) is 1. The lowest BCUT2D eigenvalue weighted by atomic mass is 9.87. The first kappa shape index (κ1) is 87.6. The van der Waals surface area contributed by atoms with Crippen LogP contribution in [0.4, 0.5) is 45.5 Å². The Labute approximate surface area is 604 Å². The number of nitrogens with zero attached hydrogens (tertiary/aromatic N) is 8. The SMILES string of the molecule is C=CCBr.C=CCc1cnc(C2(F)CCN(C(=O)OC(C)(C)C)CC2)c(F)c1.CC(C)(C)OC(=O)N1CCC(=O)CC1.CC(C)(C)OC(=O)N1CCC(F)(c2ncc(Br)cc2F)CC1.CC(C)(C)OC(=O)N1CCC(O)(c2ncc(Br)cc2F)CC1.CO.Fc1cc(Br)cnc1Cl. The fraction of sp³-hybridized carbons (Fsp3) is 0.567. The smallest absolute Gasteiger partial charge is 0.410 e. The molecule has 4 fully saturated rings. The fourth-order valence-corrected chi connectivity index (χ4v) is 10.1. The van der Waals surface area contributed by atoms with Gasteiger partial charge in [0.05, 0.1) is 0 Å². The van der Waals surface area contributed by atoms with Gasteiger partial charge in [0.1, 0.15) is 68.3 Å². The highest BCUT2D eigenvalue weighted by Crippen LogP contribution is 2.40. The maximum absolute atomic E-state index is 15.2. The molecule has 97 heavy (non-hydrogen) atoms. The number of aliphatic hydroxyl groups is 2. The maximum Gasteiger partial charge on any atom is 0.410 e. The predicted molar refractivity (Wildman–Crippen MR) is 374 cm³/mol. The summed E-state index contributed by atoms with van der Waals surface area (Å²) < 4.78 is 107. The molecule has 19 nitrogen and oxygen atoms in total. The van der Waals surface area contributed by atoms with Gasteiger partial charge in [-0.25, -0.2) is 50.5 Å². The largest absolute Gasteiger partial charge is 0.444 e. The summed E-state index contributed by atoms with van der Waals surface area (Å²) in [6, 6.07) is 5.03. The average molecular weight is 1650 g/mol. The number of pyridine rings is 4. The lowest BCUT2D eigenvalue weighted by Gasteiger charge is -2.38. The quantitative estimate of drug-likeness (QED) is 0.0601. The number of ether oxygens (including phenoxy) is 4. The van der Waals surface area contributed by atoms with Crippen LogP contribution in [-0.4, -0.2) is 167 Å². The summed E-state index contributed by atoms with van der Waals surface area (Å²) in [4.78, 5) is 79.8. The van der Waals surface area contributed by atoms with Crippen molar-refractivity contribution in [1.29, 1.82) is 0 Å². The van der Waals surface area contributed by atoms with Crippen molar-refractivity contribution in [2.24, 2.45) is 0 Å². The van der Waals surface area contributed by atoms with E-state index in [1.807, 2.05) is 20.8 Å². The number of amides is 4. The molecular weight excluding hydrogens is 1560 g/mol. The van der Waals surface area contributed by atoms with Gasteiger partial charge in [0.15, 0.2) is 22.3 Å². The second-order valence-corrected chi connectivity index (χ2v) is 30.1. The Hall–Kier alpha value is -5.46. The van der Waals surface area contributed by atoms with Crippen LogP contribution in [0.25, 0.3) is 0 Å². The van der Waals surface area contributed by atoms with E-state index >= 15 is 4.39 Å². The normalized spacial score (nSPS) is 16.4. The van der Waals surface area contributed by atoms with Gasteiger partial charge in [-0.15, -0.1) is 13.2 Å². The molecule has 0 spiro atoms. The zero-order valence-electron chi connectivity index (χ0n) is 57.2. The second-order valence-electron chi connectivity index (χ2n) is 26.4. The molecule has 0 atom stereocenters. The molecule has 4 aromatic rings. The number of allylic oxidation sites excluding steroid dienone is 2. The molecule has 30 heteroatoms. The van der Waals surface area contributed by atoms with Crippen LogP contribution in [0, 0.1) is 23.3 Å². The molecule has 0 bridgehead atoms. The molecule has 4 aliphatic rings. The molecule has 4 amide bonds. The van der Waals surface area contributed by atoms with Crippen LogP contribution in [0.3, 0.4) is 0 Å². The van der Waals surface area contributed by atoms with Crippen molar-refractivity contribution in [3.05, 3.63) is 139 Å². The van der Waals surface area contributed by atoms with Crippen molar-refractivity contribution in [3.8, 4) is 0 Å². The van der Waals surface area contributed by atoms with E-state index in [4.69, 9.17) is 35.7 Å². The molecule has 4 saturated heterocycles. The van der Waals surface area contributed by atoms with Crippen molar-refractivity contribution in [2.45, 2.75) is 180 Å². The molecule has 0 aliphatic carbocycles. The number of aliphatic hydroxyl groups excluding tert-OH is 1. The molecule has 0 unspecified atom stereocenters. The van der Waals surface area contributed by atoms with Gasteiger partial charge in [-0.05, 0) is 180 Å². The van der Waals surface area contributed by atoms with Gasteiger partial charge in [-0.3, -0.25) is 19.7 Å². The van der Waals surface area contributed by atoms with Crippen LogP contribution in [0.15, 0.2) is 87.8 Å². The van der Waals surface area contributed by atoms with Gasteiger partial charge in [-0.1, -0.05) is 39.7 Å².